The Labute approximate surface area is 157 Å². The molecule has 3 aromatic rings. The topological polar surface area (TPSA) is 85.8 Å². The van der Waals surface area contributed by atoms with E-state index in [0.29, 0.717) is 11.8 Å². The molecule has 1 amide bonds. The number of aryl methyl sites for hydroxylation is 2. The van der Waals surface area contributed by atoms with Gasteiger partial charge in [0.1, 0.15) is 28.7 Å². The number of hydrogen-bond donors (Lipinski definition) is 2. The monoisotopic (exact) mass is 393 g/mol. The van der Waals surface area contributed by atoms with Crippen LogP contribution in [-0.2, 0) is 6.18 Å². The van der Waals surface area contributed by atoms with Crippen molar-refractivity contribution in [3.8, 4) is 5.69 Å². The first kappa shape index (κ1) is 19.3. The first-order valence-corrected chi connectivity index (χ1v) is 8.04. The van der Waals surface area contributed by atoms with Crippen LogP contribution in [0.2, 0.25) is 0 Å². The van der Waals surface area contributed by atoms with Gasteiger partial charge in [0, 0.05) is 6.20 Å². The van der Waals surface area contributed by atoms with Gasteiger partial charge in [0.05, 0.1) is 11.3 Å². The SMILES string of the molecule is Cc1cccc(F)c1-n1nc(C)c(C(=O)Nc2ccc(C(F)(F)F)cn2)c1N. The van der Waals surface area contributed by atoms with Crippen molar-refractivity contribution >= 4 is 17.5 Å². The molecule has 0 saturated carbocycles. The number of halogens is 4. The van der Waals surface area contributed by atoms with E-state index in [1.807, 2.05) is 0 Å². The number of carbonyl (C=O) groups excluding carboxylic acids is 1. The maximum absolute atomic E-state index is 14.2. The largest absolute Gasteiger partial charge is 0.417 e. The normalized spacial score (nSPS) is 11.5. The van der Waals surface area contributed by atoms with Gasteiger partial charge in [-0.3, -0.25) is 4.79 Å². The maximum atomic E-state index is 14.2. The molecule has 3 rings (SSSR count). The second-order valence-electron chi connectivity index (χ2n) is 6.05. The Hall–Kier alpha value is -3.43. The summed E-state index contributed by atoms with van der Waals surface area (Å²) < 4.78 is 53.1. The Bertz CT molecular complexity index is 1020. The summed E-state index contributed by atoms with van der Waals surface area (Å²) >= 11 is 0. The van der Waals surface area contributed by atoms with Gasteiger partial charge in [-0.15, -0.1) is 0 Å². The number of aromatic nitrogens is 3. The molecule has 10 heteroatoms. The Morgan fingerprint density at radius 3 is 2.46 bits per heavy atom. The fourth-order valence-electron chi connectivity index (χ4n) is 2.70. The van der Waals surface area contributed by atoms with Crippen LogP contribution in [0.15, 0.2) is 36.5 Å². The van der Waals surface area contributed by atoms with Crippen LogP contribution >= 0.6 is 0 Å². The number of pyridine rings is 1. The predicted octanol–water partition coefficient (Wildman–Crippen LogP) is 3.88. The number of nitrogens with two attached hydrogens (primary N) is 1. The van der Waals surface area contributed by atoms with E-state index in [4.69, 9.17) is 5.73 Å². The molecular formula is C18H15F4N5O. The molecule has 0 radical (unpaired) electrons. The summed E-state index contributed by atoms with van der Waals surface area (Å²) in [6.07, 6.45) is -3.92. The van der Waals surface area contributed by atoms with Crippen molar-refractivity contribution in [2.75, 3.05) is 11.1 Å². The quantitative estimate of drug-likeness (QED) is 0.662. The van der Waals surface area contributed by atoms with E-state index in [2.05, 4.69) is 15.4 Å². The van der Waals surface area contributed by atoms with E-state index in [1.54, 1.807) is 13.0 Å². The highest BCUT2D eigenvalue weighted by molar-refractivity contribution is 6.07. The maximum Gasteiger partial charge on any atom is 0.417 e. The molecule has 0 atom stereocenters. The Kier molecular flexibility index (Phi) is 4.80. The van der Waals surface area contributed by atoms with E-state index in [1.165, 1.54) is 19.1 Å². The second-order valence-corrected chi connectivity index (χ2v) is 6.05. The van der Waals surface area contributed by atoms with E-state index < -0.39 is 23.5 Å². The number of nitrogen functional groups attached to an aromatic ring is 1. The summed E-state index contributed by atoms with van der Waals surface area (Å²) in [5, 5.41) is 6.50. The number of nitrogens with one attached hydrogen (secondary N) is 1. The molecule has 0 saturated heterocycles. The number of para-hydroxylation sites is 1. The highest BCUT2D eigenvalue weighted by Gasteiger charge is 2.31. The third-order valence-electron chi connectivity index (χ3n) is 4.06. The van der Waals surface area contributed by atoms with Crippen LogP contribution in [-0.4, -0.2) is 20.7 Å². The number of amides is 1. The van der Waals surface area contributed by atoms with E-state index in [-0.39, 0.29) is 28.6 Å². The van der Waals surface area contributed by atoms with Crippen molar-refractivity contribution in [1.29, 1.82) is 0 Å². The Morgan fingerprint density at radius 2 is 1.89 bits per heavy atom. The summed E-state index contributed by atoms with van der Waals surface area (Å²) in [6, 6.07) is 6.26. The molecule has 2 aromatic heterocycles. The van der Waals surface area contributed by atoms with Crippen LogP contribution in [0.25, 0.3) is 5.69 Å². The summed E-state index contributed by atoms with van der Waals surface area (Å²) in [5.74, 6) is -1.48. The first-order chi connectivity index (χ1) is 13.1. The van der Waals surface area contributed by atoms with Crippen LogP contribution in [0, 0.1) is 19.7 Å². The molecule has 1 aromatic carbocycles. The zero-order chi connectivity index (χ0) is 20.6. The van der Waals surface area contributed by atoms with Gasteiger partial charge in [0.15, 0.2) is 0 Å². The molecule has 2 heterocycles. The molecule has 0 unspecified atom stereocenters. The zero-order valence-corrected chi connectivity index (χ0v) is 14.8. The smallest absolute Gasteiger partial charge is 0.383 e. The fourth-order valence-corrected chi connectivity index (χ4v) is 2.70. The lowest BCUT2D eigenvalue weighted by atomic mass is 10.2. The lowest BCUT2D eigenvalue weighted by Crippen LogP contribution is -2.16. The van der Waals surface area contributed by atoms with Crippen molar-refractivity contribution < 1.29 is 22.4 Å². The van der Waals surface area contributed by atoms with E-state index >= 15 is 0 Å². The van der Waals surface area contributed by atoms with E-state index in [0.717, 1.165) is 16.8 Å². The van der Waals surface area contributed by atoms with Crippen molar-refractivity contribution in [3.63, 3.8) is 0 Å². The van der Waals surface area contributed by atoms with Crippen LogP contribution in [0.3, 0.4) is 0 Å². The molecule has 0 fully saturated rings. The summed E-state index contributed by atoms with van der Waals surface area (Å²) in [5.41, 5.74) is 5.94. The molecule has 0 spiro atoms. The highest BCUT2D eigenvalue weighted by atomic mass is 19.4. The minimum absolute atomic E-state index is 0.0237. The Morgan fingerprint density at radius 1 is 1.18 bits per heavy atom. The second kappa shape index (κ2) is 6.95. The van der Waals surface area contributed by atoms with Gasteiger partial charge in [-0.05, 0) is 37.6 Å². The number of carbonyl (C=O) groups is 1. The van der Waals surface area contributed by atoms with Gasteiger partial charge in [-0.2, -0.15) is 18.3 Å². The molecule has 0 bridgehead atoms. The Balaban J connectivity index is 1.92. The number of nitrogens with zero attached hydrogens (tertiary/aromatic N) is 3. The number of anilines is 2. The van der Waals surface area contributed by atoms with Crippen LogP contribution in [0.1, 0.15) is 27.2 Å². The minimum Gasteiger partial charge on any atom is -0.383 e. The van der Waals surface area contributed by atoms with Gasteiger partial charge in [-0.25, -0.2) is 14.1 Å². The van der Waals surface area contributed by atoms with Gasteiger partial charge >= 0.3 is 6.18 Å². The molecule has 28 heavy (non-hydrogen) atoms. The van der Waals surface area contributed by atoms with Gasteiger partial charge in [-0.1, -0.05) is 12.1 Å². The lowest BCUT2D eigenvalue weighted by molar-refractivity contribution is -0.137. The van der Waals surface area contributed by atoms with Crippen molar-refractivity contribution in [1.82, 2.24) is 14.8 Å². The number of rotatable bonds is 3. The third-order valence-corrected chi connectivity index (χ3v) is 4.06. The highest BCUT2D eigenvalue weighted by Crippen LogP contribution is 2.29. The van der Waals surface area contributed by atoms with Crippen molar-refractivity contribution in [2.45, 2.75) is 20.0 Å². The molecular weight excluding hydrogens is 378 g/mol. The van der Waals surface area contributed by atoms with Crippen LogP contribution in [0.5, 0.6) is 0 Å². The average Bonchev–Trinajstić information content (AvgIpc) is 2.89. The van der Waals surface area contributed by atoms with Crippen molar-refractivity contribution in [3.05, 3.63) is 64.7 Å². The lowest BCUT2D eigenvalue weighted by Gasteiger charge is -2.10. The number of benzene rings is 1. The number of alkyl halides is 3. The summed E-state index contributed by atoms with van der Waals surface area (Å²) in [6.45, 7) is 3.18. The first-order valence-electron chi connectivity index (χ1n) is 8.04. The minimum atomic E-state index is -4.53. The molecule has 146 valence electrons. The molecule has 0 aliphatic heterocycles. The van der Waals surface area contributed by atoms with Crippen LogP contribution < -0.4 is 11.1 Å². The zero-order valence-electron chi connectivity index (χ0n) is 14.8. The predicted molar refractivity (Wildman–Crippen MR) is 94.6 cm³/mol. The van der Waals surface area contributed by atoms with Gasteiger partial charge < -0.3 is 11.1 Å². The van der Waals surface area contributed by atoms with E-state index in [9.17, 15) is 22.4 Å². The van der Waals surface area contributed by atoms with Gasteiger partial charge in [0.2, 0.25) is 0 Å². The molecule has 0 aliphatic rings. The summed E-state index contributed by atoms with van der Waals surface area (Å²) in [7, 11) is 0. The van der Waals surface area contributed by atoms with Crippen LogP contribution in [0.4, 0.5) is 29.2 Å². The van der Waals surface area contributed by atoms with Crippen molar-refractivity contribution in [2.24, 2.45) is 0 Å². The standard InChI is InChI=1S/C18H15F4N5O/c1-9-4-3-5-12(19)15(9)27-16(23)14(10(2)26-27)17(28)25-13-7-6-11(8-24-13)18(20,21)22/h3-8H,23H2,1-2H3,(H,24,25,28). The fraction of sp³-hybridized carbons (Fsp3) is 0.167. The van der Waals surface area contributed by atoms with Gasteiger partial charge in [0.25, 0.3) is 5.91 Å². The molecule has 0 aliphatic carbocycles. The average molecular weight is 393 g/mol. The summed E-state index contributed by atoms with van der Waals surface area (Å²) in [4.78, 5) is 16.1. The number of hydrogen-bond acceptors (Lipinski definition) is 4. The third kappa shape index (κ3) is 3.53. The molecule has 3 N–H and O–H groups in total. The molecule has 6 nitrogen and oxygen atoms in total.